The number of nitrogens with zero attached hydrogens (tertiary/aromatic N) is 2. The Morgan fingerprint density at radius 2 is 2.22 bits per heavy atom. The van der Waals surface area contributed by atoms with Crippen LogP contribution >= 0.6 is 15.9 Å². The van der Waals surface area contributed by atoms with Crippen molar-refractivity contribution >= 4 is 27.5 Å². The van der Waals surface area contributed by atoms with E-state index in [0.717, 1.165) is 16.9 Å². The van der Waals surface area contributed by atoms with Crippen LogP contribution in [0.1, 0.15) is 25.8 Å². The second-order valence-electron chi connectivity index (χ2n) is 4.99. The fourth-order valence-electron chi connectivity index (χ4n) is 2.60. The molecule has 1 saturated heterocycles. The molecule has 1 fully saturated rings. The van der Waals surface area contributed by atoms with Crippen LogP contribution in [0.15, 0.2) is 27.8 Å². The number of hydrogen-bond donors (Lipinski definition) is 2. The Morgan fingerprint density at radius 1 is 1.50 bits per heavy atom. The summed E-state index contributed by atoms with van der Waals surface area (Å²) in [6.07, 6.45) is 1.22. The average Bonchev–Trinajstić information content (AvgIpc) is 2.67. The van der Waals surface area contributed by atoms with E-state index >= 15 is 0 Å². The first-order chi connectivity index (χ1) is 8.52. The average molecular weight is 312 g/mol. The zero-order chi connectivity index (χ0) is 13.3. The van der Waals surface area contributed by atoms with Crippen LogP contribution < -0.4 is 10.6 Å². The normalized spacial score (nSPS) is 24.6. The van der Waals surface area contributed by atoms with Gasteiger partial charge in [-0.2, -0.15) is 0 Å². The number of amidine groups is 1. The van der Waals surface area contributed by atoms with E-state index < -0.39 is 0 Å². The maximum Gasteiger partial charge on any atom is 0.171 e. The summed E-state index contributed by atoms with van der Waals surface area (Å²) in [6, 6.07) is 6.49. The van der Waals surface area contributed by atoms with Crippen LogP contribution in [0.2, 0.25) is 0 Å². The van der Waals surface area contributed by atoms with Gasteiger partial charge in [0.15, 0.2) is 5.84 Å². The summed E-state index contributed by atoms with van der Waals surface area (Å²) in [5, 5.41) is 11.7. The van der Waals surface area contributed by atoms with Crippen molar-refractivity contribution in [2.24, 2.45) is 16.8 Å². The van der Waals surface area contributed by atoms with Crippen LogP contribution in [-0.4, -0.2) is 23.6 Å². The number of hydrogen-bond acceptors (Lipinski definition) is 3. The summed E-state index contributed by atoms with van der Waals surface area (Å²) in [6.45, 7) is 5.60. The van der Waals surface area contributed by atoms with E-state index in [2.05, 4.69) is 39.8 Å². The van der Waals surface area contributed by atoms with Gasteiger partial charge in [0, 0.05) is 28.3 Å². The molecule has 1 aromatic rings. The second kappa shape index (κ2) is 5.18. The molecule has 1 aromatic carbocycles. The minimum Gasteiger partial charge on any atom is -0.409 e. The molecule has 4 nitrogen and oxygen atoms in total. The van der Waals surface area contributed by atoms with E-state index in [0.29, 0.717) is 11.6 Å². The Bertz CT molecular complexity index is 475. The zero-order valence-electron chi connectivity index (χ0n) is 10.6. The molecule has 98 valence electrons. The first-order valence-corrected chi connectivity index (χ1v) is 6.86. The number of anilines is 1. The van der Waals surface area contributed by atoms with Crippen molar-refractivity contribution in [1.82, 2.24) is 0 Å². The molecule has 0 bridgehead atoms. The standard InChI is InChI=1S/C13H18BrN3O/c1-8-5-9(2)17(7-8)10-3-4-11(12(14)6-10)13(15)16-18/h3-4,6,8-9,18H,5,7H2,1-2H3,(H2,15,16). The lowest BCUT2D eigenvalue weighted by Gasteiger charge is -2.24. The van der Waals surface area contributed by atoms with Gasteiger partial charge in [0.25, 0.3) is 0 Å². The first kappa shape index (κ1) is 13.2. The van der Waals surface area contributed by atoms with Crippen molar-refractivity contribution in [3.05, 3.63) is 28.2 Å². The van der Waals surface area contributed by atoms with Gasteiger partial charge in [-0.3, -0.25) is 0 Å². The molecule has 0 radical (unpaired) electrons. The van der Waals surface area contributed by atoms with Crippen LogP contribution in [0.25, 0.3) is 0 Å². The van der Waals surface area contributed by atoms with Crippen molar-refractivity contribution in [2.75, 3.05) is 11.4 Å². The summed E-state index contributed by atoms with van der Waals surface area (Å²) in [7, 11) is 0. The Balaban J connectivity index is 2.29. The third-order valence-electron chi connectivity index (χ3n) is 3.45. The zero-order valence-corrected chi connectivity index (χ0v) is 12.2. The molecule has 2 unspecified atom stereocenters. The van der Waals surface area contributed by atoms with Crippen molar-refractivity contribution in [2.45, 2.75) is 26.3 Å². The molecule has 0 spiro atoms. The first-order valence-electron chi connectivity index (χ1n) is 6.07. The number of benzene rings is 1. The van der Waals surface area contributed by atoms with Gasteiger partial charge in [0.1, 0.15) is 0 Å². The molecule has 5 heteroatoms. The monoisotopic (exact) mass is 311 g/mol. The fraction of sp³-hybridized carbons (Fsp3) is 0.462. The molecule has 2 rings (SSSR count). The number of halogens is 1. The van der Waals surface area contributed by atoms with E-state index in [1.54, 1.807) is 0 Å². The largest absolute Gasteiger partial charge is 0.409 e. The highest BCUT2D eigenvalue weighted by molar-refractivity contribution is 9.10. The highest BCUT2D eigenvalue weighted by atomic mass is 79.9. The quantitative estimate of drug-likeness (QED) is 0.382. The van der Waals surface area contributed by atoms with Gasteiger partial charge in [-0.15, -0.1) is 0 Å². The predicted octanol–water partition coefficient (Wildman–Crippen LogP) is 2.78. The van der Waals surface area contributed by atoms with E-state index in [1.165, 1.54) is 12.1 Å². The van der Waals surface area contributed by atoms with E-state index in [-0.39, 0.29) is 5.84 Å². The van der Waals surface area contributed by atoms with Crippen molar-refractivity contribution in [3.63, 3.8) is 0 Å². The molecule has 3 N–H and O–H groups in total. The summed E-state index contributed by atoms with van der Waals surface area (Å²) in [4.78, 5) is 2.39. The van der Waals surface area contributed by atoms with Crippen LogP contribution in [0.5, 0.6) is 0 Å². The van der Waals surface area contributed by atoms with E-state index in [9.17, 15) is 0 Å². The van der Waals surface area contributed by atoms with Gasteiger partial charge in [-0.05, 0) is 53.4 Å². The van der Waals surface area contributed by atoms with Crippen LogP contribution in [-0.2, 0) is 0 Å². The summed E-state index contributed by atoms with van der Waals surface area (Å²) in [5.74, 6) is 0.846. The molecular weight excluding hydrogens is 294 g/mol. The molecule has 0 aromatic heterocycles. The van der Waals surface area contributed by atoms with Gasteiger partial charge < -0.3 is 15.8 Å². The minimum absolute atomic E-state index is 0.122. The number of oxime groups is 1. The molecule has 2 atom stereocenters. The van der Waals surface area contributed by atoms with Crippen LogP contribution in [0.3, 0.4) is 0 Å². The number of rotatable bonds is 2. The highest BCUT2D eigenvalue weighted by Crippen LogP contribution is 2.31. The lowest BCUT2D eigenvalue weighted by atomic mass is 10.1. The van der Waals surface area contributed by atoms with Crippen molar-refractivity contribution in [1.29, 1.82) is 0 Å². The third kappa shape index (κ3) is 2.46. The Kier molecular flexibility index (Phi) is 3.80. The maximum atomic E-state index is 8.70. The van der Waals surface area contributed by atoms with Crippen LogP contribution in [0.4, 0.5) is 5.69 Å². The molecule has 1 aliphatic heterocycles. The minimum atomic E-state index is 0.122. The van der Waals surface area contributed by atoms with E-state index in [1.807, 2.05) is 18.2 Å². The summed E-state index contributed by atoms with van der Waals surface area (Å²) < 4.78 is 0.849. The molecular formula is C13H18BrN3O. The van der Waals surface area contributed by atoms with Crippen LogP contribution in [0, 0.1) is 5.92 Å². The van der Waals surface area contributed by atoms with Gasteiger partial charge >= 0.3 is 0 Å². The van der Waals surface area contributed by atoms with Crippen molar-refractivity contribution in [3.8, 4) is 0 Å². The second-order valence-corrected chi connectivity index (χ2v) is 5.85. The van der Waals surface area contributed by atoms with Gasteiger partial charge in [0.05, 0.1) is 0 Å². The molecule has 0 aliphatic carbocycles. The smallest absolute Gasteiger partial charge is 0.171 e. The highest BCUT2D eigenvalue weighted by Gasteiger charge is 2.26. The number of nitrogens with two attached hydrogens (primary N) is 1. The summed E-state index contributed by atoms with van der Waals surface area (Å²) >= 11 is 3.47. The van der Waals surface area contributed by atoms with Gasteiger partial charge in [-0.1, -0.05) is 12.1 Å². The third-order valence-corrected chi connectivity index (χ3v) is 4.11. The molecule has 0 amide bonds. The lowest BCUT2D eigenvalue weighted by Crippen LogP contribution is -2.26. The fourth-order valence-corrected chi connectivity index (χ4v) is 3.17. The Labute approximate surface area is 116 Å². The summed E-state index contributed by atoms with van der Waals surface area (Å²) in [5.41, 5.74) is 7.49. The molecule has 1 heterocycles. The van der Waals surface area contributed by atoms with Crippen molar-refractivity contribution < 1.29 is 5.21 Å². The predicted molar refractivity (Wildman–Crippen MR) is 77.2 cm³/mol. The van der Waals surface area contributed by atoms with Gasteiger partial charge in [-0.25, -0.2) is 0 Å². The Morgan fingerprint density at radius 3 is 2.72 bits per heavy atom. The Hall–Kier alpha value is -1.23. The SMILES string of the molecule is CC1CC(C)N(c2ccc(/C(N)=N/O)c(Br)c2)C1. The molecule has 18 heavy (non-hydrogen) atoms. The van der Waals surface area contributed by atoms with E-state index in [4.69, 9.17) is 10.9 Å². The topological polar surface area (TPSA) is 61.8 Å². The molecule has 1 aliphatic rings. The maximum absolute atomic E-state index is 8.70. The lowest BCUT2D eigenvalue weighted by molar-refractivity contribution is 0.318. The molecule has 0 saturated carbocycles. The van der Waals surface area contributed by atoms with Gasteiger partial charge in [0.2, 0.25) is 0 Å².